The Bertz CT molecular complexity index is 534. The maximum Gasteiger partial charge on any atom is 0.293 e. The average molecular weight is 247 g/mol. The molecule has 17 heavy (non-hydrogen) atoms. The number of benzene rings is 1. The minimum atomic E-state index is 0.304. The summed E-state index contributed by atoms with van der Waals surface area (Å²) in [5.74, 6) is 0. The van der Waals surface area contributed by atoms with E-state index in [-0.39, 0.29) is 0 Å². The molecule has 0 aliphatic heterocycles. The number of carbonyl (C=O) groups is 1. The number of rotatable bonds is 4. The highest BCUT2D eigenvalue weighted by Gasteiger charge is 2.10. The largest absolute Gasteiger partial charge is 0.462 e. The first-order valence-corrected chi connectivity index (χ1v) is 6.11. The number of aryl methyl sites for hydroxylation is 2. The van der Waals surface area contributed by atoms with Crippen molar-refractivity contribution in [1.29, 1.82) is 0 Å². The van der Waals surface area contributed by atoms with E-state index in [9.17, 15) is 4.79 Å². The third-order valence-electron chi connectivity index (χ3n) is 2.55. The topological polar surface area (TPSA) is 39.2 Å². The first kappa shape index (κ1) is 11.8. The number of hydrogen-bond donors (Lipinski definition) is 0. The quantitative estimate of drug-likeness (QED) is 0.779. The molecular formula is C13H13NO2S. The van der Waals surface area contributed by atoms with Crippen LogP contribution in [0.2, 0.25) is 0 Å². The molecule has 3 nitrogen and oxygen atoms in total. The van der Waals surface area contributed by atoms with E-state index in [0.717, 1.165) is 21.1 Å². The second-order valence-electron chi connectivity index (χ2n) is 3.75. The van der Waals surface area contributed by atoms with Crippen LogP contribution in [0.5, 0.6) is 0 Å². The standard InChI is InChI=1S/C13H13NO2S/c1-9-5-3-4-6-11(9)13-14-10(2)12(17-13)7-16-8-15/h3-6,8H,7H2,1-2H3. The molecule has 2 rings (SSSR count). The molecule has 1 heterocycles. The molecule has 4 heteroatoms. The number of ether oxygens (including phenoxy) is 1. The van der Waals surface area contributed by atoms with Crippen LogP contribution in [0.1, 0.15) is 16.1 Å². The van der Waals surface area contributed by atoms with E-state index >= 15 is 0 Å². The third-order valence-corrected chi connectivity index (χ3v) is 3.71. The Hall–Kier alpha value is -1.68. The van der Waals surface area contributed by atoms with E-state index in [0.29, 0.717) is 13.1 Å². The Balaban J connectivity index is 2.34. The van der Waals surface area contributed by atoms with Gasteiger partial charge in [0.25, 0.3) is 6.47 Å². The number of hydrogen-bond acceptors (Lipinski definition) is 4. The molecule has 0 bridgehead atoms. The van der Waals surface area contributed by atoms with Crippen molar-refractivity contribution in [2.24, 2.45) is 0 Å². The van der Waals surface area contributed by atoms with Crippen molar-refractivity contribution < 1.29 is 9.53 Å². The van der Waals surface area contributed by atoms with Crippen LogP contribution in [-0.4, -0.2) is 11.5 Å². The van der Waals surface area contributed by atoms with Gasteiger partial charge in [0.1, 0.15) is 11.6 Å². The lowest BCUT2D eigenvalue weighted by molar-refractivity contribution is -0.129. The summed E-state index contributed by atoms with van der Waals surface area (Å²) in [7, 11) is 0. The van der Waals surface area contributed by atoms with Crippen LogP contribution >= 0.6 is 11.3 Å². The molecule has 0 spiro atoms. The van der Waals surface area contributed by atoms with Crippen molar-refractivity contribution >= 4 is 17.8 Å². The van der Waals surface area contributed by atoms with E-state index < -0.39 is 0 Å². The zero-order valence-corrected chi connectivity index (χ0v) is 10.6. The highest BCUT2D eigenvalue weighted by atomic mass is 32.1. The van der Waals surface area contributed by atoms with E-state index in [1.54, 1.807) is 11.3 Å². The first-order chi connectivity index (χ1) is 8.22. The fraction of sp³-hybridized carbons (Fsp3) is 0.231. The molecule has 0 N–H and O–H groups in total. The summed E-state index contributed by atoms with van der Waals surface area (Å²) >= 11 is 1.57. The zero-order chi connectivity index (χ0) is 12.3. The van der Waals surface area contributed by atoms with Gasteiger partial charge in [-0.15, -0.1) is 11.3 Å². The van der Waals surface area contributed by atoms with Gasteiger partial charge in [0.2, 0.25) is 0 Å². The molecule has 0 saturated heterocycles. The fourth-order valence-corrected chi connectivity index (χ4v) is 2.67. The van der Waals surface area contributed by atoms with Gasteiger partial charge in [-0.05, 0) is 19.4 Å². The summed E-state index contributed by atoms with van der Waals surface area (Å²) in [6.45, 7) is 4.76. The Morgan fingerprint density at radius 1 is 1.35 bits per heavy atom. The number of aromatic nitrogens is 1. The van der Waals surface area contributed by atoms with Crippen molar-refractivity contribution in [2.45, 2.75) is 20.5 Å². The monoisotopic (exact) mass is 247 g/mol. The minimum Gasteiger partial charge on any atom is -0.462 e. The maximum atomic E-state index is 10.2. The number of thiazole rings is 1. The molecule has 0 atom stereocenters. The van der Waals surface area contributed by atoms with Crippen LogP contribution in [0, 0.1) is 13.8 Å². The summed E-state index contributed by atoms with van der Waals surface area (Å²) in [6, 6.07) is 8.13. The normalized spacial score (nSPS) is 10.2. The lowest BCUT2D eigenvalue weighted by Gasteiger charge is -1.99. The van der Waals surface area contributed by atoms with Gasteiger partial charge in [-0.1, -0.05) is 24.3 Å². The highest BCUT2D eigenvalue weighted by Crippen LogP contribution is 2.30. The molecule has 0 fully saturated rings. The smallest absolute Gasteiger partial charge is 0.293 e. The van der Waals surface area contributed by atoms with Gasteiger partial charge in [0, 0.05) is 5.56 Å². The van der Waals surface area contributed by atoms with Gasteiger partial charge in [0.05, 0.1) is 10.6 Å². The SMILES string of the molecule is Cc1ccccc1-c1nc(C)c(COC=O)s1. The summed E-state index contributed by atoms with van der Waals surface area (Å²) < 4.78 is 4.77. The van der Waals surface area contributed by atoms with E-state index in [4.69, 9.17) is 4.74 Å². The molecule has 2 aromatic rings. The molecule has 0 amide bonds. The van der Waals surface area contributed by atoms with Crippen LogP contribution in [-0.2, 0) is 16.1 Å². The van der Waals surface area contributed by atoms with Gasteiger partial charge < -0.3 is 4.74 Å². The summed E-state index contributed by atoms with van der Waals surface area (Å²) in [5, 5.41) is 0.977. The Kier molecular flexibility index (Phi) is 3.54. The molecule has 0 radical (unpaired) electrons. The van der Waals surface area contributed by atoms with Crippen LogP contribution < -0.4 is 0 Å². The van der Waals surface area contributed by atoms with Gasteiger partial charge >= 0.3 is 0 Å². The van der Waals surface area contributed by atoms with E-state index in [2.05, 4.69) is 24.0 Å². The molecule has 0 aliphatic rings. The summed E-state index contributed by atoms with van der Waals surface area (Å²) in [5.41, 5.74) is 3.26. The lowest BCUT2D eigenvalue weighted by Crippen LogP contribution is -1.88. The molecule has 0 aliphatic carbocycles. The second-order valence-corrected chi connectivity index (χ2v) is 4.83. The highest BCUT2D eigenvalue weighted by molar-refractivity contribution is 7.15. The first-order valence-electron chi connectivity index (χ1n) is 5.30. The van der Waals surface area contributed by atoms with Crippen molar-refractivity contribution in [3.8, 4) is 10.6 Å². The molecule has 1 aromatic carbocycles. The van der Waals surface area contributed by atoms with E-state index in [1.165, 1.54) is 5.56 Å². The average Bonchev–Trinajstić information content (AvgIpc) is 2.68. The lowest BCUT2D eigenvalue weighted by atomic mass is 10.1. The van der Waals surface area contributed by atoms with Crippen LogP contribution in [0.4, 0.5) is 0 Å². The minimum absolute atomic E-state index is 0.304. The number of nitrogens with zero attached hydrogens (tertiary/aromatic N) is 1. The van der Waals surface area contributed by atoms with Gasteiger partial charge in [-0.2, -0.15) is 0 Å². The van der Waals surface area contributed by atoms with Gasteiger partial charge in [-0.3, -0.25) is 4.79 Å². The van der Waals surface area contributed by atoms with Crippen molar-refractivity contribution in [1.82, 2.24) is 4.98 Å². The number of carbonyl (C=O) groups excluding carboxylic acids is 1. The van der Waals surface area contributed by atoms with Crippen LogP contribution in [0.25, 0.3) is 10.6 Å². The molecular weight excluding hydrogens is 234 g/mol. The molecule has 88 valence electrons. The Morgan fingerprint density at radius 2 is 2.12 bits per heavy atom. The van der Waals surface area contributed by atoms with Crippen molar-refractivity contribution in [3.05, 3.63) is 40.4 Å². The van der Waals surface area contributed by atoms with Crippen LogP contribution in [0.15, 0.2) is 24.3 Å². The predicted molar refractivity (Wildman–Crippen MR) is 67.9 cm³/mol. The third kappa shape index (κ3) is 2.53. The van der Waals surface area contributed by atoms with Crippen LogP contribution in [0.3, 0.4) is 0 Å². The van der Waals surface area contributed by atoms with Crippen molar-refractivity contribution in [3.63, 3.8) is 0 Å². The fourth-order valence-electron chi connectivity index (χ4n) is 1.60. The Morgan fingerprint density at radius 3 is 2.82 bits per heavy atom. The van der Waals surface area contributed by atoms with E-state index in [1.807, 2.05) is 19.1 Å². The summed E-state index contributed by atoms with van der Waals surface area (Å²) in [4.78, 5) is 15.7. The second kappa shape index (κ2) is 5.10. The molecule has 0 unspecified atom stereocenters. The predicted octanol–water partition coefficient (Wildman–Crippen LogP) is 3.10. The Labute approximate surface area is 104 Å². The maximum absolute atomic E-state index is 10.2. The molecule has 0 saturated carbocycles. The summed E-state index contributed by atoms with van der Waals surface area (Å²) in [6.07, 6.45) is 0. The molecule has 1 aromatic heterocycles. The van der Waals surface area contributed by atoms with Gasteiger partial charge in [-0.25, -0.2) is 4.98 Å². The van der Waals surface area contributed by atoms with Crippen molar-refractivity contribution in [2.75, 3.05) is 0 Å². The van der Waals surface area contributed by atoms with Gasteiger partial charge in [0.15, 0.2) is 0 Å². The zero-order valence-electron chi connectivity index (χ0n) is 9.77.